The van der Waals surface area contributed by atoms with Crippen LogP contribution in [0.4, 0.5) is 5.69 Å². The number of hydrogen-bond donors (Lipinski definition) is 2. The normalized spacial score (nSPS) is 11.6. The summed E-state index contributed by atoms with van der Waals surface area (Å²) in [4.78, 5) is 25.0. The molecule has 1 aromatic heterocycles. The summed E-state index contributed by atoms with van der Waals surface area (Å²) in [7, 11) is 0. The average Bonchev–Trinajstić information content (AvgIpc) is 3.15. The predicted molar refractivity (Wildman–Crippen MR) is 128 cm³/mol. The second-order valence-corrected chi connectivity index (χ2v) is 8.45. The van der Waals surface area contributed by atoms with Gasteiger partial charge >= 0.3 is 0 Å². The SMILES string of the molecule is C=CCn1c(SCC(=O)Nc2cccc(C)c2)nnc1[C@@H](C)NC(=O)c1cccc(C)c1. The molecule has 2 aromatic carbocycles. The second kappa shape index (κ2) is 10.8. The molecule has 8 heteroatoms. The Morgan fingerprint density at radius 2 is 1.84 bits per heavy atom. The molecule has 3 aromatic rings. The minimum Gasteiger partial charge on any atom is -0.342 e. The smallest absolute Gasteiger partial charge is 0.251 e. The zero-order valence-corrected chi connectivity index (χ0v) is 19.3. The lowest BCUT2D eigenvalue weighted by atomic mass is 10.1. The van der Waals surface area contributed by atoms with Gasteiger partial charge in [0.2, 0.25) is 5.91 Å². The van der Waals surface area contributed by atoms with E-state index in [2.05, 4.69) is 27.4 Å². The molecule has 0 fully saturated rings. The molecular weight excluding hydrogens is 422 g/mol. The molecule has 0 saturated heterocycles. The van der Waals surface area contributed by atoms with Gasteiger partial charge in [-0.15, -0.1) is 16.8 Å². The van der Waals surface area contributed by atoms with Crippen molar-refractivity contribution >= 4 is 29.3 Å². The van der Waals surface area contributed by atoms with E-state index in [0.717, 1.165) is 16.8 Å². The van der Waals surface area contributed by atoms with Crippen LogP contribution in [0.5, 0.6) is 0 Å². The minimum atomic E-state index is -0.370. The van der Waals surface area contributed by atoms with Crippen molar-refractivity contribution in [2.45, 2.75) is 38.5 Å². The maximum atomic E-state index is 12.6. The van der Waals surface area contributed by atoms with Gasteiger partial charge in [0.15, 0.2) is 11.0 Å². The van der Waals surface area contributed by atoms with E-state index in [1.54, 1.807) is 12.1 Å². The summed E-state index contributed by atoms with van der Waals surface area (Å²) < 4.78 is 1.86. The number of amides is 2. The monoisotopic (exact) mass is 449 g/mol. The largest absolute Gasteiger partial charge is 0.342 e. The standard InChI is InChI=1S/C24H27N5O2S/c1-5-12-29-22(18(4)25-23(31)19-10-6-8-16(2)13-19)27-28-24(29)32-15-21(30)26-20-11-7-9-17(3)14-20/h5-11,13-14,18H,1,12,15H2,2-4H3,(H,25,31)(H,26,30)/t18-/m1/s1. The van der Waals surface area contributed by atoms with Gasteiger partial charge in [0, 0.05) is 17.8 Å². The molecule has 0 bridgehead atoms. The fourth-order valence-corrected chi connectivity index (χ4v) is 3.96. The molecule has 0 radical (unpaired) electrons. The minimum absolute atomic E-state index is 0.129. The summed E-state index contributed by atoms with van der Waals surface area (Å²) in [6, 6.07) is 14.7. The zero-order valence-electron chi connectivity index (χ0n) is 18.5. The molecule has 0 aliphatic rings. The van der Waals surface area contributed by atoms with E-state index in [9.17, 15) is 9.59 Å². The van der Waals surface area contributed by atoms with Gasteiger partial charge in [-0.3, -0.25) is 9.59 Å². The number of aryl methyl sites for hydroxylation is 2. The molecule has 2 amide bonds. The lowest BCUT2D eigenvalue weighted by Crippen LogP contribution is -2.28. The molecule has 0 spiro atoms. The highest BCUT2D eigenvalue weighted by atomic mass is 32.2. The van der Waals surface area contributed by atoms with Gasteiger partial charge in [-0.1, -0.05) is 47.7 Å². The number of allylic oxidation sites excluding steroid dienone is 1. The quantitative estimate of drug-likeness (QED) is 0.376. The highest BCUT2D eigenvalue weighted by Crippen LogP contribution is 2.22. The lowest BCUT2D eigenvalue weighted by Gasteiger charge is -2.15. The summed E-state index contributed by atoms with van der Waals surface area (Å²) in [6.45, 7) is 10.0. The van der Waals surface area contributed by atoms with Crippen molar-refractivity contribution in [2.75, 3.05) is 11.1 Å². The fourth-order valence-electron chi connectivity index (χ4n) is 3.21. The number of thioether (sulfide) groups is 1. The van der Waals surface area contributed by atoms with Crippen LogP contribution in [0.2, 0.25) is 0 Å². The molecule has 1 atom stereocenters. The molecule has 32 heavy (non-hydrogen) atoms. The average molecular weight is 450 g/mol. The fraction of sp³-hybridized carbons (Fsp3) is 0.250. The molecule has 0 unspecified atom stereocenters. The number of aromatic nitrogens is 3. The number of benzene rings is 2. The van der Waals surface area contributed by atoms with E-state index in [-0.39, 0.29) is 23.6 Å². The molecule has 7 nitrogen and oxygen atoms in total. The summed E-state index contributed by atoms with van der Waals surface area (Å²) in [5, 5.41) is 15.0. The number of nitrogens with zero attached hydrogens (tertiary/aromatic N) is 3. The van der Waals surface area contributed by atoms with Gasteiger partial charge in [0.05, 0.1) is 11.8 Å². The number of anilines is 1. The number of carbonyl (C=O) groups excluding carboxylic acids is 2. The van der Waals surface area contributed by atoms with Crippen molar-refractivity contribution < 1.29 is 9.59 Å². The Bertz CT molecular complexity index is 1130. The third kappa shape index (κ3) is 6.07. The van der Waals surface area contributed by atoms with E-state index in [4.69, 9.17) is 0 Å². The van der Waals surface area contributed by atoms with Gasteiger partial charge in [-0.2, -0.15) is 0 Å². The van der Waals surface area contributed by atoms with E-state index in [1.165, 1.54) is 11.8 Å². The van der Waals surface area contributed by atoms with Gasteiger partial charge in [-0.05, 0) is 50.6 Å². The second-order valence-electron chi connectivity index (χ2n) is 7.51. The first-order chi connectivity index (χ1) is 15.4. The van der Waals surface area contributed by atoms with Crippen LogP contribution in [0.3, 0.4) is 0 Å². The molecule has 0 aliphatic heterocycles. The Morgan fingerprint density at radius 3 is 2.53 bits per heavy atom. The van der Waals surface area contributed by atoms with Crippen molar-refractivity contribution in [3.05, 3.63) is 83.7 Å². The van der Waals surface area contributed by atoms with Gasteiger partial charge in [-0.25, -0.2) is 0 Å². The lowest BCUT2D eigenvalue weighted by molar-refractivity contribution is -0.113. The van der Waals surface area contributed by atoms with Crippen molar-refractivity contribution in [1.29, 1.82) is 0 Å². The highest BCUT2D eigenvalue weighted by Gasteiger charge is 2.20. The Hall–Kier alpha value is -3.39. The van der Waals surface area contributed by atoms with E-state index >= 15 is 0 Å². The van der Waals surface area contributed by atoms with Crippen LogP contribution in [-0.4, -0.2) is 32.3 Å². The first-order valence-corrected chi connectivity index (χ1v) is 11.3. The van der Waals surface area contributed by atoms with Crippen LogP contribution in [0.25, 0.3) is 0 Å². The van der Waals surface area contributed by atoms with E-state index in [0.29, 0.717) is 23.1 Å². The maximum Gasteiger partial charge on any atom is 0.251 e. The third-order valence-corrected chi connectivity index (χ3v) is 5.67. The van der Waals surface area contributed by atoms with E-state index in [1.807, 2.05) is 67.8 Å². The Labute approximate surface area is 192 Å². The third-order valence-electron chi connectivity index (χ3n) is 4.71. The van der Waals surface area contributed by atoms with Gasteiger partial charge in [0.1, 0.15) is 0 Å². The maximum absolute atomic E-state index is 12.6. The number of nitrogens with one attached hydrogen (secondary N) is 2. The number of carbonyl (C=O) groups is 2. The van der Waals surface area contributed by atoms with Crippen LogP contribution in [0, 0.1) is 13.8 Å². The van der Waals surface area contributed by atoms with Crippen molar-refractivity contribution in [2.24, 2.45) is 0 Å². The molecule has 0 aliphatic carbocycles. The first-order valence-electron chi connectivity index (χ1n) is 10.3. The van der Waals surface area contributed by atoms with Crippen LogP contribution in [0.15, 0.2) is 66.3 Å². The van der Waals surface area contributed by atoms with Crippen molar-refractivity contribution in [3.63, 3.8) is 0 Å². The topological polar surface area (TPSA) is 88.9 Å². The van der Waals surface area contributed by atoms with Crippen LogP contribution >= 0.6 is 11.8 Å². The molecule has 2 N–H and O–H groups in total. The Balaban J connectivity index is 1.66. The molecule has 0 saturated carbocycles. The summed E-state index contributed by atoms with van der Waals surface area (Å²) in [5.74, 6) is 0.484. The molecular formula is C24H27N5O2S. The van der Waals surface area contributed by atoms with Crippen molar-refractivity contribution in [1.82, 2.24) is 20.1 Å². The number of hydrogen-bond acceptors (Lipinski definition) is 5. The van der Waals surface area contributed by atoms with Crippen LogP contribution < -0.4 is 10.6 Å². The van der Waals surface area contributed by atoms with Gasteiger partial charge < -0.3 is 15.2 Å². The molecule has 1 heterocycles. The Kier molecular flexibility index (Phi) is 7.83. The molecule has 166 valence electrons. The van der Waals surface area contributed by atoms with Crippen molar-refractivity contribution in [3.8, 4) is 0 Å². The summed E-state index contributed by atoms with van der Waals surface area (Å²) >= 11 is 1.29. The van der Waals surface area contributed by atoms with E-state index < -0.39 is 0 Å². The summed E-state index contributed by atoms with van der Waals surface area (Å²) in [5.41, 5.74) is 3.45. The summed E-state index contributed by atoms with van der Waals surface area (Å²) in [6.07, 6.45) is 1.73. The molecule has 3 rings (SSSR count). The Morgan fingerprint density at radius 1 is 1.12 bits per heavy atom. The number of rotatable bonds is 9. The van der Waals surface area contributed by atoms with Gasteiger partial charge in [0.25, 0.3) is 5.91 Å². The predicted octanol–water partition coefficient (Wildman–Crippen LogP) is 4.30. The van der Waals surface area contributed by atoms with Crippen LogP contribution in [0.1, 0.15) is 40.3 Å². The highest BCUT2D eigenvalue weighted by molar-refractivity contribution is 7.99. The van der Waals surface area contributed by atoms with Crippen LogP contribution in [-0.2, 0) is 11.3 Å². The first kappa shape index (κ1) is 23.3. The zero-order chi connectivity index (χ0) is 23.1.